The van der Waals surface area contributed by atoms with E-state index < -0.39 is 0 Å². The molecule has 0 saturated heterocycles. The normalized spacial score (nSPS) is 12.1. The fraction of sp³-hybridized carbons (Fsp3) is 0.323. The monoisotopic (exact) mass is 484 g/mol. The third kappa shape index (κ3) is 8.08. The van der Waals surface area contributed by atoms with Gasteiger partial charge in [0.15, 0.2) is 0 Å². The molecule has 2 aromatic heterocycles. The zero-order chi connectivity index (χ0) is 26.1. The topological polar surface area (TPSA) is 87.0 Å². The van der Waals surface area contributed by atoms with E-state index in [2.05, 4.69) is 91.2 Å². The number of nitrogens with two attached hydrogens (primary N) is 1. The van der Waals surface area contributed by atoms with Crippen LogP contribution in [-0.2, 0) is 12.8 Å². The van der Waals surface area contributed by atoms with Crippen molar-refractivity contribution in [2.75, 3.05) is 6.54 Å². The minimum absolute atomic E-state index is 0.0559. The van der Waals surface area contributed by atoms with Gasteiger partial charge < -0.3 is 21.1 Å². The molecular weight excluding hydrogens is 444 g/mol. The van der Waals surface area contributed by atoms with E-state index in [4.69, 9.17) is 5.73 Å². The van der Waals surface area contributed by atoms with Gasteiger partial charge in [0, 0.05) is 58.8 Å². The number of aryl methyl sites for hydroxylation is 1. The van der Waals surface area contributed by atoms with Gasteiger partial charge in [0.25, 0.3) is 0 Å². The largest absolute Gasteiger partial charge is 0.399 e. The maximum absolute atomic E-state index is 9.73. The number of β-amino-alcohol motifs (C(OH)–C–C–N with tert-alkyl or cyclic N) is 1. The quantitative estimate of drug-likeness (QED) is 0.243. The predicted molar refractivity (Wildman–Crippen MR) is 152 cm³/mol. The van der Waals surface area contributed by atoms with Crippen LogP contribution >= 0.6 is 0 Å². The molecule has 1 unspecified atom stereocenters. The zero-order valence-electron chi connectivity index (χ0n) is 22.0. The van der Waals surface area contributed by atoms with Gasteiger partial charge in [-0.2, -0.15) is 0 Å². The second kappa shape index (κ2) is 12.5. The van der Waals surface area contributed by atoms with Crippen molar-refractivity contribution in [1.29, 1.82) is 0 Å². The Hall–Kier alpha value is -3.41. The molecule has 5 nitrogen and oxygen atoms in total. The van der Waals surface area contributed by atoms with Gasteiger partial charge in [-0.05, 0) is 74.6 Å². The lowest BCUT2D eigenvalue weighted by atomic mass is 9.93. The van der Waals surface area contributed by atoms with E-state index in [9.17, 15) is 5.11 Å². The summed E-state index contributed by atoms with van der Waals surface area (Å²) in [7, 11) is 0. The van der Waals surface area contributed by atoms with E-state index in [1.165, 1.54) is 27.6 Å². The fourth-order valence-corrected chi connectivity index (χ4v) is 4.06. The summed E-state index contributed by atoms with van der Waals surface area (Å²) >= 11 is 0. The molecule has 0 aliphatic heterocycles. The van der Waals surface area contributed by atoms with Gasteiger partial charge in [0.2, 0.25) is 0 Å². The highest BCUT2D eigenvalue weighted by molar-refractivity contribution is 5.82. The number of H-pyrrole nitrogens is 1. The summed E-state index contributed by atoms with van der Waals surface area (Å²) in [4.78, 5) is 7.61. The molecule has 190 valence electrons. The molecule has 36 heavy (non-hydrogen) atoms. The van der Waals surface area contributed by atoms with Gasteiger partial charge in [0.1, 0.15) is 0 Å². The summed E-state index contributed by atoms with van der Waals surface area (Å²) in [6.07, 6.45) is 5.93. The van der Waals surface area contributed by atoms with Crippen molar-refractivity contribution in [3.05, 3.63) is 108 Å². The number of nitrogens with one attached hydrogen (secondary N) is 2. The van der Waals surface area contributed by atoms with Crippen LogP contribution in [0.4, 0.5) is 0 Å². The molecule has 0 spiro atoms. The Morgan fingerprint density at radius 1 is 1.08 bits per heavy atom. The average Bonchev–Trinajstić information content (AvgIpc) is 3.35. The lowest BCUT2D eigenvalue weighted by molar-refractivity contribution is 0.154. The summed E-state index contributed by atoms with van der Waals surface area (Å²) < 4.78 is 0. The van der Waals surface area contributed by atoms with E-state index >= 15 is 0 Å². The molecule has 1 atom stereocenters. The molecule has 5 N–H and O–H groups in total. The van der Waals surface area contributed by atoms with Crippen LogP contribution < -0.4 is 11.1 Å². The molecule has 0 radical (unpaired) electrons. The van der Waals surface area contributed by atoms with Crippen molar-refractivity contribution < 1.29 is 5.11 Å². The molecule has 2 aromatic carbocycles. The second-order valence-corrected chi connectivity index (χ2v) is 10.1. The van der Waals surface area contributed by atoms with Crippen LogP contribution in [0.5, 0.6) is 0 Å². The molecule has 0 aliphatic rings. The summed E-state index contributed by atoms with van der Waals surface area (Å²) in [5, 5.41) is 14.5. The number of aliphatic hydroxyl groups excluding tert-OH is 1. The average molecular weight is 485 g/mol. The van der Waals surface area contributed by atoms with Crippen LogP contribution in [0.2, 0.25) is 0 Å². The molecular formula is C31H40N4O. The smallest absolute Gasteiger partial charge is 0.0662 e. The third-order valence-electron chi connectivity index (χ3n) is 6.35. The molecule has 5 heteroatoms. The molecule has 0 fully saturated rings. The number of hydrogen-bond donors (Lipinski definition) is 4. The van der Waals surface area contributed by atoms with E-state index in [0.29, 0.717) is 12.2 Å². The molecule has 0 aliphatic carbocycles. The number of pyridine rings is 1. The minimum atomic E-state index is -0.285. The molecule has 2 heterocycles. The van der Waals surface area contributed by atoms with Crippen LogP contribution in [0.3, 0.4) is 0 Å². The Morgan fingerprint density at radius 2 is 1.81 bits per heavy atom. The number of aliphatic hydroxyl groups is 1. The molecule has 0 amide bonds. The van der Waals surface area contributed by atoms with Gasteiger partial charge >= 0.3 is 0 Å². The molecule has 4 aromatic rings. The first-order valence-corrected chi connectivity index (χ1v) is 12.6. The number of aromatic amines is 1. The fourth-order valence-electron chi connectivity index (χ4n) is 4.06. The highest BCUT2D eigenvalue weighted by Gasteiger charge is 2.18. The van der Waals surface area contributed by atoms with Gasteiger partial charge in [-0.25, -0.2) is 0 Å². The van der Waals surface area contributed by atoms with Crippen molar-refractivity contribution >= 4 is 16.6 Å². The Kier molecular flexibility index (Phi) is 9.45. The van der Waals surface area contributed by atoms with Crippen molar-refractivity contribution in [3.63, 3.8) is 0 Å². The van der Waals surface area contributed by atoms with Gasteiger partial charge in [0.05, 0.1) is 6.10 Å². The third-order valence-corrected chi connectivity index (χ3v) is 6.35. The lowest BCUT2D eigenvalue weighted by Gasteiger charge is -2.28. The van der Waals surface area contributed by atoms with Gasteiger partial charge in [-0.15, -0.1) is 0 Å². The summed E-state index contributed by atoms with van der Waals surface area (Å²) in [6, 6.07) is 21.0. The highest BCUT2D eigenvalue weighted by atomic mass is 16.3. The van der Waals surface area contributed by atoms with Crippen molar-refractivity contribution in [2.45, 2.75) is 58.6 Å². The van der Waals surface area contributed by atoms with Gasteiger partial charge in [-0.3, -0.25) is 4.98 Å². The summed E-state index contributed by atoms with van der Waals surface area (Å²) in [6.45, 7) is 12.8. The zero-order valence-corrected chi connectivity index (χ0v) is 22.0. The second-order valence-electron chi connectivity index (χ2n) is 10.1. The van der Waals surface area contributed by atoms with E-state index in [-0.39, 0.29) is 11.6 Å². The predicted octanol–water partition coefficient (Wildman–Crippen LogP) is 5.76. The standard InChI is InChI=1S/C22H31N3O.C9H9N/c1-5-21(26)15-25-22(3,4)13-18-8-6-17(7-9-18)12-20-11-10-19(14-24-20)16(2)23;1-7-3-2-4-9-8(7)5-6-10-9/h6-11,14,21,25-26H,2,5,12-13,15,23H2,1,3-4H3;2-6,10H,1H3. The van der Waals surface area contributed by atoms with E-state index in [1.807, 2.05) is 25.3 Å². The van der Waals surface area contributed by atoms with Crippen molar-refractivity contribution in [3.8, 4) is 0 Å². The van der Waals surface area contributed by atoms with Crippen molar-refractivity contribution in [1.82, 2.24) is 15.3 Å². The number of aromatic nitrogens is 2. The first kappa shape index (κ1) is 27.2. The van der Waals surface area contributed by atoms with E-state index in [1.54, 1.807) is 6.20 Å². The van der Waals surface area contributed by atoms with Crippen LogP contribution in [-0.4, -0.2) is 33.3 Å². The van der Waals surface area contributed by atoms with Crippen LogP contribution in [0.1, 0.15) is 55.1 Å². The number of benzene rings is 2. The Labute approximate surface area is 215 Å². The summed E-state index contributed by atoms with van der Waals surface area (Å²) in [5.74, 6) is 0. The van der Waals surface area contributed by atoms with Crippen LogP contribution in [0.25, 0.3) is 16.6 Å². The Morgan fingerprint density at radius 3 is 2.42 bits per heavy atom. The number of nitrogens with zero attached hydrogens (tertiary/aromatic N) is 1. The summed E-state index contributed by atoms with van der Waals surface area (Å²) in [5.41, 5.74) is 13.1. The molecule has 0 bridgehead atoms. The lowest BCUT2D eigenvalue weighted by Crippen LogP contribution is -2.44. The number of fused-ring (bicyclic) bond motifs is 1. The van der Waals surface area contributed by atoms with Gasteiger partial charge in [-0.1, -0.05) is 49.9 Å². The van der Waals surface area contributed by atoms with E-state index in [0.717, 1.165) is 30.5 Å². The number of hydrogen-bond acceptors (Lipinski definition) is 4. The Balaban J connectivity index is 0.000000297. The minimum Gasteiger partial charge on any atom is -0.399 e. The van der Waals surface area contributed by atoms with Crippen molar-refractivity contribution in [2.24, 2.45) is 5.73 Å². The highest BCUT2D eigenvalue weighted by Crippen LogP contribution is 2.17. The van der Waals surface area contributed by atoms with Crippen LogP contribution in [0.15, 0.2) is 79.6 Å². The first-order valence-electron chi connectivity index (χ1n) is 12.6. The maximum atomic E-state index is 9.73. The maximum Gasteiger partial charge on any atom is 0.0662 e. The Bertz CT molecular complexity index is 1240. The molecule has 0 saturated carbocycles. The van der Waals surface area contributed by atoms with Crippen LogP contribution in [0, 0.1) is 6.92 Å². The number of rotatable bonds is 9. The molecule has 4 rings (SSSR count). The first-order chi connectivity index (χ1) is 17.2. The SMILES string of the molecule is C=C(N)c1ccc(Cc2ccc(CC(C)(C)NCC(O)CC)cc2)nc1.Cc1cccc2[nH]ccc12.